The molecular weight excluding hydrogens is 1090 g/mol. The molecular formula is C51H39N15O9S4. The average Bonchev–Trinajstić information content (AvgIpc) is 3.83. The van der Waals surface area contributed by atoms with Crippen molar-refractivity contribution >= 4 is 126 Å². The standard InChI is InChI=1S/C51H39N15O9S4/c1-3-54-49-60-50(57-32-9-5-4-6-10-32)62-51(61-49)58-35-15-13-31(14-16-35)43-41(28-53)47(76-48(43)66-63-36-17-12-30-8-7-11-42(39(30)26-36)79(73,74)75)65-64-44-29(2)40(27-52)45(55-33-18-22-37(23-19-33)77(67,68)69)59-46(44)56-34-20-24-38(25-21-34)78(70,71)72/h4-26H,3H2,1-2H3,(H2,55,56,59)(H,67,68,69)(H,70,71,72)(H,73,74,75)(H3,54,57,58,60,61,62). The zero-order valence-corrected chi connectivity index (χ0v) is 44.1. The Morgan fingerprint density at radius 1 is 0.544 bits per heavy atom. The fraction of sp³-hybridized carbons (Fsp3) is 0.0588. The monoisotopic (exact) mass is 1130 g/mol. The molecule has 28 heteroatoms. The van der Waals surface area contributed by atoms with Crippen molar-refractivity contribution in [2.75, 3.05) is 33.1 Å². The second-order valence-corrected chi connectivity index (χ2v) is 21.9. The molecule has 24 nitrogen and oxygen atoms in total. The van der Waals surface area contributed by atoms with Crippen LogP contribution in [0.4, 0.5) is 73.6 Å². The van der Waals surface area contributed by atoms with Gasteiger partial charge in [-0.2, -0.15) is 50.7 Å². The molecule has 0 bridgehead atoms. The summed E-state index contributed by atoms with van der Waals surface area (Å²) in [5, 5.41) is 55.8. The Kier molecular flexibility index (Phi) is 15.4. The summed E-state index contributed by atoms with van der Waals surface area (Å²) in [6.07, 6.45) is 0. The Bertz CT molecular complexity index is 4330. The number of hydrogen-bond donors (Lipinski definition) is 8. The van der Waals surface area contributed by atoms with Gasteiger partial charge in [0.1, 0.15) is 33.3 Å². The lowest BCUT2D eigenvalue weighted by atomic mass is 10.0. The van der Waals surface area contributed by atoms with E-state index in [0.717, 1.165) is 41.3 Å². The number of benzene rings is 6. The first kappa shape index (κ1) is 54.2. The molecule has 3 heterocycles. The van der Waals surface area contributed by atoms with Crippen LogP contribution in [0.2, 0.25) is 0 Å². The van der Waals surface area contributed by atoms with Crippen LogP contribution in [0.15, 0.2) is 175 Å². The summed E-state index contributed by atoms with van der Waals surface area (Å²) in [4.78, 5) is 17.0. The Morgan fingerprint density at radius 2 is 1.09 bits per heavy atom. The van der Waals surface area contributed by atoms with E-state index >= 15 is 0 Å². The maximum atomic E-state index is 12.3. The highest BCUT2D eigenvalue weighted by Gasteiger charge is 2.24. The van der Waals surface area contributed by atoms with E-state index in [1.54, 1.807) is 49.4 Å². The van der Waals surface area contributed by atoms with Crippen LogP contribution in [0.25, 0.3) is 21.9 Å². The molecule has 0 saturated heterocycles. The number of aromatic nitrogens is 4. The molecule has 9 aromatic rings. The lowest BCUT2D eigenvalue weighted by Crippen LogP contribution is -2.09. The van der Waals surface area contributed by atoms with Crippen LogP contribution in [0.1, 0.15) is 23.6 Å². The molecule has 0 saturated carbocycles. The zero-order valence-electron chi connectivity index (χ0n) is 40.9. The number of thiophene rings is 1. The van der Waals surface area contributed by atoms with Gasteiger partial charge in [0.15, 0.2) is 16.6 Å². The van der Waals surface area contributed by atoms with Crippen LogP contribution in [0, 0.1) is 29.6 Å². The molecule has 0 atom stereocenters. The van der Waals surface area contributed by atoms with E-state index in [-0.39, 0.29) is 93.7 Å². The number of nitrogens with zero attached hydrogens (tertiary/aromatic N) is 10. The van der Waals surface area contributed by atoms with E-state index in [9.17, 15) is 49.4 Å². The normalized spacial score (nSPS) is 11.8. The first-order valence-corrected chi connectivity index (χ1v) is 28.2. The van der Waals surface area contributed by atoms with Crippen LogP contribution in [0.5, 0.6) is 0 Å². The van der Waals surface area contributed by atoms with Crippen molar-refractivity contribution in [1.29, 1.82) is 10.5 Å². The van der Waals surface area contributed by atoms with Crippen molar-refractivity contribution in [2.45, 2.75) is 28.5 Å². The number of rotatable bonds is 18. The van der Waals surface area contributed by atoms with E-state index in [1.165, 1.54) is 42.5 Å². The van der Waals surface area contributed by atoms with E-state index < -0.39 is 35.2 Å². The molecule has 6 aromatic carbocycles. The summed E-state index contributed by atoms with van der Waals surface area (Å²) in [6, 6.07) is 39.4. The van der Waals surface area contributed by atoms with E-state index in [2.05, 4.69) is 79.1 Å². The van der Waals surface area contributed by atoms with Crippen molar-refractivity contribution in [3.05, 3.63) is 156 Å². The fourth-order valence-corrected chi connectivity index (χ4v) is 10.3. The molecule has 0 spiro atoms. The number of hydrogen-bond acceptors (Lipinski definition) is 22. The molecule has 0 amide bonds. The third-order valence-electron chi connectivity index (χ3n) is 11.4. The van der Waals surface area contributed by atoms with Gasteiger partial charge in [0.25, 0.3) is 30.4 Å². The van der Waals surface area contributed by atoms with Gasteiger partial charge in [-0.15, -0.1) is 20.5 Å². The lowest BCUT2D eigenvalue weighted by Gasteiger charge is -2.16. The van der Waals surface area contributed by atoms with Gasteiger partial charge in [0.05, 0.1) is 21.0 Å². The lowest BCUT2D eigenvalue weighted by molar-refractivity contribution is 0.481. The third kappa shape index (κ3) is 12.6. The first-order chi connectivity index (χ1) is 37.8. The molecule has 79 heavy (non-hydrogen) atoms. The van der Waals surface area contributed by atoms with E-state index in [0.29, 0.717) is 29.1 Å². The predicted molar refractivity (Wildman–Crippen MR) is 296 cm³/mol. The van der Waals surface area contributed by atoms with Crippen LogP contribution < -0.4 is 26.6 Å². The van der Waals surface area contributed by atoms with Crippen molar-refractivity contribution in [3.63, 3.8) is 0 Å². The average molecular weight is 1130 g/mol. The summed E-state index contributed by atoms with van der Waals surface area (Å²) >= 11 is 0.913. The van der Waals surface area contributed by atoms with Gasteiger partial charge in [0.2, 0.25) is 17.8 Å². The fourth-order valence-electron chi connectivity index (χ4n) is 7.69. The number of azo groups is 2. The van der Waals surface area contributed by atoms with Crippen molar-refractivity contribution in [2.24, 2.45) is 20.5 Å². The summed E-state index contributed by atoms with van der Waals surface area (Å²) in [5.74, 6) is 0.713. The van der Waals surface area contributed by atoms with Gasteiger partial charge in [-0.05, 0) is 116 Å². The summed E-state index contributed by atoms with van der Waals surface area (Å²) < 4.78 is 101. The number of pyridine rings is 1. The topological polar surface area (TPSA) is 372 Å². The van der Waals surface area contributed by atoms with Gasteiger partial charge in [0, 0.05) is 45.8 Å². The second-order valence-electron chi connectivity index (χ2n) is 16.7. The van der Waals surface area contributed by atoms with E-state index in [1.807, 2.05) is 37.3 Å². The first-order valence-electron chi connectivity index (χ1n) is 23.0. The van der Waals surface area contributed by atoms with Crippen LogP contribution >= 0.6 is 11.3 Å². The van der Waals surface area contributed by atoms with Crippen molar-refractivity contribution in [1.82, 2.24) is 19.9 Å². The molecule has 9 rings (SSSR count). The molecule has 0 fully saturated rings. The molecule has 0 radical (unpaired) electrons. The van der Waals surface area contributed by atoms with Gasteiger partial charge in [-0.25, -0.2) is 4.98 Å². The molecule has 0 aliphatic rings. The maximum Gasteiger partial charge on any atom is 0.295 e. The molecule has 396 valence electrons. The minimum absolute atomic E-state index is 0.00647. The SMILES string of the molecule is CCNc1nc(Nc2ccccc2)nc(Nc2ccc(-c3c(N=Nc4ccc5cccc(S(=O)(=O)O)c5c4)sc(N=Nc4c(Nc5ccc(S(=O)(=O)O)cc5)nc(Nc5ccc(S(=O)(=O)O)cc5)c(C#N)c4C)c3C#N)cc2)n1. The van der Waals surface area contributed by atoms with Crippen molar-refractivity contribution < 1.29 is 38.9 Å². The van der Waals surface area contributed by atoms with Crippen LogP contribution in [0.3, 0.4) is 0 Å². The maximum absolute atomic E-state index is 12.3. The highest BCUT2D eigenvalue weighted by Crippen LogP contribution is 2.49. The number of para-hydroxylation sites is 1. The van der Waals surface area contributed by atoms with Gasteiger partial charge in [-0.3, -0.25) is 13.7 Å². The van der Waals surface area contributed by atoms with Crippen molar-refractivity contribution in [3.8, 4) is 23.3 Å². The number of nitrogens with one attached hydrogen (secondary N) is 5. The minimum Gasteiger partial charge on any atom is -0.354 e. The Hall–Kier alpha value is -9.65. The number of fused-ring (bicyclic) bond motifs is 1. The van der Waals surface area contributed by atoms with Gasteiger partial charge >= 0.3 is 0 Å². The highest BCUT2D eigenvalue weighted by atomic mass is 32.2. The molecule has 0 unspecified atom stereocenters. The Balaban J connectivity index is 1.14. The molecule has 0 aliphatic heterocycles. The highest BCUT2D eigenvalue weighted by molar-refractivity contribution is 7.86. The largest absolute Gasteiger partial charge is 0.354 e. The molecule has 8 N–H and O–H groups in total. The van der Waals surface area contributed by atoms with Crippen LogP contribution in [-0.4, -0.2) is 65.4 Å². The van der Waals surface area contributed by atoms with Crippen LogP contribution in [-0.2, 0) is 30.4 Å². The Morgan fingerprint density at radius 3 is 1.66 bits per heavy atom. The smallest absolute Gasteiger partial charge is 0.295 e. The Labute approximate surface area is 454 Å². The predicted octanol–water partition coefficient (Wildman–Crippen LogP) is 12.2. The number of nitriles is 2. The third-order valence-corrected chi connectivity index (χ3v) is 15.0. The molecule has 3 aromatic heterocycles. The number of anilines is 9. The zero-order chi connectivity index (χ0) is 56.1. The summed E-state index contributed by atoms with van der Waals surface area (Å²) in [5.41, 5.74) is 2.87. The molecule has 0 aliphatic carbocycles. The summed E-state index contributed by atoms with van der Waals surface area (Å²) in [6.45, 7) is 3.98. The van der Waals surface area contributed by atoms with Gasteiger partial charge in [-0.1, -0.05) is 59.9 Å². The van der Waals surface area contributed by atoms with Gasteiger partial charge < -0.3 is 26.6 Å². The quantitative estimate of drug-likeness (QED) is 0.0292. The second kappa shape index (κ2) is 22.5. The minimum atomic E-state index is -4.63. The van der Waals surface area contributed by atoms with E-state index in [4.69, 9.17) is 0 Å². The summed E-state index contributed by atoms with van der Waals surface area (Å²) in [7, 11) is -13.7.